The van der Waals surface area contributed by atoms with Gasteiger partial charge in [0, 0.05) is 6.20 Å². The molecular formula is C18H18N4O3. The van der Waals surface area contributed by atoms with Crippen molar-refractivity contribution in [3.8, 4) is 11.5 Å². The molecule has 0 aliphatic heterocycles. The quantitative estimate of drug-likeness (QED) is 0.692. The second kappa shape index (κ2) is 7.57. The van der Waals surface area contributed by atoms with Crippen LogP contribution in [0.5, 0.6) is 0 Å². The minimum atomic E-state index is -0.462. The molecule has 7 nitrogen and oxygen atoms in total. The maximum Gasteiger partial charge on any atom is 0.325 e. The first-order valence-corrected chi connectivity index (χ1v) is 7.98. The number of carbonyl (C=O) groups is 2. The summed E-state index contributed by atoms with van der Waals surface area (Å²) in [5.41, 5.74) is 2.28. The molecule has 0 fully saturated rings. The topological polar surface area (TPSA) is 86.1 Å². The summed E-state index contributed by atoms with van der Waals surface area (Å²) in [4.78, 5) is 32.6. The first kappa shape index (κ1) is 16.6. The number of fused-ring (bicyclic) bond motifs is 1. The molecule has 0 aliphatic carbocycles. The summed E-state index contributed by atoms with van der Waals surface area (Å²) in [6.45, 7) is 1.88. The molecule has 1 aromatic carbocycles. The van der Waals surface area contributed by atoms with Crippen molar-refractivity contribution in [1.29, 1.82) is 0 Å². The number of ether oxygens (including phenoxy) is 1. The smallest absolute Gasteiger partial charge is 0.325 e. The maximum atomic E-state index is 12.3. The normalized spacial score (nSPS) is 10.6. The summed E-state index contributed by atoms with van der Waals surface area (Å²) in [7, 11) is 0. The average Bonchev–Trinajstić information content (AvgIpc) is 3.00. The third kappa shape index (κ3) is 3.82. The molecule has 0 aliphatic rings. The molecule has 128 valence electrons. The fourth-order valence-electron chi connectivity index (χ4n) is 2.51. The number of hydrogen-bond acceptors (Lipinski definition) is 5. The van der Waals surface area contributed by atoms with E-state index in [-0.39, 0.29) is 25.6 Å². The maximum absolute atomic E-state index is 12.3. The Morgan fingerprint density at radius 2 is 1.96 bits per heavy atom. The number of para-hydroxylation sites is 2. The zero-order chi connectivity index (χ0) is 17.6. The highest BCUT2D eigenvalue weighted by Gasteiger charge is 2.16. The van der Waals surface area contributed by atoms with Crippen LogP contribution in [0.3, 0.4) is 0 Å². The Bertz CT molecular complexity index is 890. The molecule has 25 heavy (non-hydrogen) atoms. The largest absolute Gasteiger partial charge is 0.465 e. The molecule has 2 heterocycles. The minimum absolute atomic E-state index is 0.0336. The molecule has 3 rings (SSSR count). The number of imidazole rings is 1. The summed E-state index contributed by atoms with van der Waals surface area (Å²) in [6, 6.07) is 13.1. The van der Waals surface area contributed by atoms with Crippen LogP contribution in [0, 0.1) is 0 Å². The highest BCUT2D eigenvalue weighted by atomic mass is 16.5. The van der Waals surface area contributed by atoms with E-state index in [1.807, 2.05) is 42.5 Å². The van der Waals surface area contributed by atoms with Gasteiger partial charge in [-0.25, -0.2) is 4.98 Å². The Balaban J connectivity index is 1.87. The van der Waals surface area contributed by atoms with Gasteiger partial charge in [-0.05, 0) is 31.2 Å². The standard InChI is InChI=1S/C18H18N4O3/c1-2-25-17(24)11-20-16(23)12-22-15-9-4-3-7-13(15)21-18(22)14-8-5-6-10-19-14/h3-10H,2,11-12H2,1H3,(H,20,23). The molecule has 1 amide bonds. The Morgan fingerprint density at radius 3 is 2.72 bits per heavy atom. The third-order valence-electron chi connectivity index (χ3n) is 3.59. The first-order valence-electron chi connectivity index (χ1n) is 7.98. The second-order valence-electron chi connectivity index (χ2n) is 5.31. The summed E-state index contributed by atoms with van der Waals surface area (Å²) < 4.78 is 6.60. The van der Waals surface area contributed by atoms with E-state index in [1.54, 1.807) is 17.7 Å². The molecule has 0 atom stereocenters. The van der Waals surface area contributed by atoms with Crippen LogP contribution in [0.1, 0.15) is 6.92 Å². The molecule has 2 aromatic heterocycles. The molecule has 0 saturated heterocycles. The fraction of sp³-hybridized carbons (Fsp3) is 0.222. The number of nitrogens with zero attached hydrogens (tertiary/aromatic N) is 3. The summed E-state index contributed by atoms with van der Waals surface area (Å²) in [5.74, 6) is -0.155. The fourth-order valence-corrected chi connectivity index (χ4v) is 2.51. The lowest BCUT2D eigenvalue weighted by atomic mass is 10.3. The number of carbonyl (C=O) groups excluding carboxylic acids is 2. The number of nitrogens with one attached hydrogen (secondary N) is 1. The zero-order valence-corrected chi connectivity index (χ0v) is 13.8. The van der Waals surface area contributed by atoms with Crippen molar-refractivity contribution in [3.05, 3.63) is 48.7 Å². The number of amides is 1. The number of esters is 1. The SMILES string of the molecule is CCOC(=O)CNC(=O)Cn1c(-c2ccccn2)nc2ccccc21. The zero-order valence-electron chi connectivity index (χ0n) is 13.8. The van der Waals surface area contributed by atoms with E-state index in [2.05, 4.69) is 15.3 Å². The van der Waals surface area contributed by atoms with Gasteiger partial charge in [-0.3, -0.25) is 14.6 Å². The Hall–Kier alpha value is -3.22. The van der Waals surface area contributed by atoms with Crippen LogP contribution in [-0.4, -0.2) is 39.6 Å². The van der Waals surface area contributed by atoms with E-state index in [9.17, 15) is 9.59 Å². The molecule has 0 saturated carbocycles. The summed E-state index contributed by atoms with van der Waals surface area (Å²) >= 11 is 0. The molecule has 7 heteroatoms. The van der Waals surface area contributed by atoms with Gasteiger partial charge in [-0.1, -0.05) is 18.2 Å². The summed E-state index contributed by atoms with van der Waals surface area (Å²) in [5, 5.41) is 2.57. The van der Waals surface area contributed by atoms with E-state index in [1.165, 1.54) is 0 Å². The van der Waals surface area contributed by atoms with Crippen LogP contribution in [0.4, 0.5) is 0 Å². The highest BCUT2D eigenvalue weighted by molar-refractivity contribution is 5.85. The van der Waals surface area contributed by atoms with Crippen LogP contribution >= 0.6 is 0 Å². The number of hydrogen-bond donors (Lipinski definition) is 1. The van der Waals surface area contributed by atoms with E-state index >= 15 is 0 Å². The van der Waals surface area contributed by atoms with Gasteiger partial charge < -0.3 is 14.6 Å². The van der Waals surface area contributed by atoms with Gasteiger partial charge in [0.2, 0.25) is 5.91 Å². The first-order chi connectivity index (χ1) is 12.2. The van der Waals surface area contributed by atoms with Crippen molar-refractivity contribution in [3.63, 3.8) is 0 Å². The Morgan fingerprint density at radius 1 is 1.16 bits per heavy atom. The van der Waals surface area contributed by atoms with Crippen LogP contribution in [-0.2, 0) is 20.9 Å². The van der Waals surface area contributed by atoms with Crippen molar-refractivity contribution in [2.75, 3.05) is 13.2 Å². The van der Waals surface area contributed by atoms with Gasteiger partial charge in [0.25, 0.3) is 0 Å². The van der Waals surface area contributed by atoms with Crippen molar-refractivity contribution < 1.29 is 14.3 Å². The molecule has 3 aromatic rings. The third-order valence-corrected chi connectivity index (χ3v) is 3.59. The van der Waals surface area contributed by atoms with E-state index in [0.717, 1.165) is 11.0 Å². The number of pyridine rings is 1. The molecule has 0 radical (unpaired) electrons. The van der Waals surface area contributed by atoms with Gasteiger partial charge in [0.1, 0.15) is 18.8 Å². The van der Waals surface area contributed by atoms with Gasteiger partial charge in [-0.2, -0.15) is 0 Å². The van der Waals surface area contributed by atoms with Crippen LogP contribution in [0.2, 0.25) is 0 Å². The predicted octanol–water partition coefficient (Wildman–Crippen LogP) is 1.78. The highest BCUT2D eigenvalue weighted by Crippen LogP contribution is 2.23. The van der Waals surface area contributed by atoms with Gasteiger partial charge >= 0.3 is 5.97 Å². The number of rotatable bonds is 6. The predicted molar refractivity (Wildman–Crippen MR) is 92.6 cm³/mol. The number of aromatic nitrogens is 3. The van der Waals surface area contributed by atoms with Crippen LogP contribution in [0.15, 0.2) is 48.7 Å². The lowest BCUT2D eigenvalue weighted by Gasteiger charge is -2.09. The lowest BCUT2D eigenvalue weighted by molar-refractivity contribution is -0.143. The molecule has 0 unspecified atom stereocenters. The van der Waals surface area contributed by atoms with Crippen LogP contribution < -0.4 is 5.32 Å². The van der Waals surface area contributed by atoms with Gasteiger partial charge in [-0.15, -0.1) is 0 Å². The number of benzene rings is 1. The van der Waals surface area contributed by atoms with Crippen molar-refractivity contribution >= 4 is 22.9 Å². The van der Waals surface area contributed by atoms with Crippen molar-refractivity contribution in [2.24, 2.45) is 0 Å². The van der Waals surface area contributed by atoms with Crippen LogP contribution in [0.25, 0.3) is 22.6 Å². The van der Waals surface area contributed by atoms with Crippen molar-refractivity contribution in [1.82, 2.24) is 19.9 Å². The van der Waals surface area contributed by atoms with Gasteiger partial charge in [0.05, 0.1) is 17.6 Å². The van der Waals surface area contributed by atoms with Gasteiger partial charge in [0.15, 0.2) is 5.82 Å². The monoisotopic (exact) mass is 338 g/mol. The van der Waals surface area contributed by atoms with E-state index in [0.29, 0.717) is 11.5 Å². The lowest BCUT2D eigenvalue weighted by Crippen LogP contribution is -2.33. The Kier molecular flexibility index (Phi) is 5.03. The minimum Gasteiger partial charge on any atom is -0.465 e. The second-order valence-corrected chi connectivity index (χ2v) is 5.31. The Labute approximate surface area is 144 Å². The van der Waals surface area contributed by atoms with E-state index in [4.69, 9.17) is 4.74 Å². The molecule has 1 N–H and O–H groups in total. The average molecular weight is 338 g/mol. The molecule has 0 spiro atoms. The molecule has 0 bridgehead atoms. The van der Waals surface area contributed by atoms with Crippen molar-refractivity contribution in [2.45, 2.75) is 13.5 Å². The molecular weight excluding hydrogens is 320 g/mol. The summed E-state index contributed by atoms with van der Waals surface area (Å²) in [6.07, 6.45) is 1.68. The van der Waals surface area contributed by atoms with E-state index < -0.39 is 5.97 Å².